The van der Waals surface area contributed by atoms with Crippen molar-refractivity contribution in [2.45, 2.75) is 18.6 Å². The Morgan fingerprint density at radius 2 is 1.76 bits per heavy atom. The highest BCUT2D eigenvalue weighted by Crippen LogP contribution is 2.25. The second kappa shape index (κ2) is 5.68. The van der Waals surface area contributed by atoms with Crippen LogP contribution in [0.3, 0.4) is 0 Å². The molecule has 3 aromatic rings. The number of para-hydroxylation sites is 1. The normalized spacial score (nSPS) is 14.2. The quantitative estimate of drug-likeness (QED) is 0.754. The number of aliphatic hydroxyl groups is 1. The van der Waals surface area contributed by atoms with Crippen molar-refractivity contribution >= 4 is 10.9 Å². The van der Waals surface area contributed by atoms with Crippen LogP contribution >= 0.6 is 0 Å². The third-order valence-electron chi connectivity index (χ3n) is 3.94. The number of rotatable bonds is 5. The Labute approximate surface area is 123 Å². The van der Waals surface area contributed by atoms with Crippen LogP contribution in [0.1, 0.15) is 12.0 Å². The summed E-state index contributed by atoms with van der Waals surface area (Å²) in [4.78, 5) is 0. The molecule has 0 fully saturated rings. The first-order chi connectivity index (χ1) is 10.2. The largest absolute Gasteiger partial charge is 0.384 e. The van der Waals surface area contributed by atoms with Crippen LogP contribution in [0, 0.1) is 0 Å². The van der Waals surface area contributed by atoms with Gasteiger partial charge in [-0.3, -0.25) is 4.68 Å². The molecule has 0 aliphatic heterocycles. The molecule has 1 unspecified atom stereocenters. The number of aryl methyl sites for hydroxylation is 1. The maximum atomic E-state index is 10.8. The van der Waals surface area contributed by atoms with E-state index in [0.29, 0.717) is 13.0 Å². The van der Waals surface area contributed by atoms with Gasteiger partial charge in [0.2, 0.25) is 0 Å². The van der Waals surface area contributed by atoms with Crippen LogP contribution in [0.5, 0.6) is 0 Å². The molecule has 0 bridgehead atoms. The number of hydrogen-bond donors (Lipinski definition) is 2. The van der Waals surface area contributed by atoms with Crippen LogP contribution in [0.2, 0.25) is 0 Å². The van der Waals surface area contributed by atoms with Crippen LogP contribution in [0.25, 0.3) is 10.9 Å². The zero-order valence-electron chi connectivity index (χ0n) is 11.8. The fraction of sp³-hybridized carbons (Fsp3) is 0.235. The number of nitrogens with zero attached hydrogens (tertiary/aromatic N) is 2. The Morgan fingerprint density at radius 1 is 1.05 bits per heavy atom. The Balaban J connectivity index is 1.82. The Morgan fingerprint density at radius 3 is 2.52 bits per heavy atom. The molecule has 2 aromatic carbocycles. The third kappa shape index (κ3) is 2.68. The van der Waals surface area contributed by atoms with Crippen molar-refractivity contribution in [3.8, 4) is 0 Å². The molecule has 108 valence electrons. The summed E-state index contributed by atoms with van der Waals surface area (Å²) in [6, 6.07) is 17.6. The zero-order valence-corrected chi connectivity index (χ0v) is 11.8. The van der Waals surface area contributed by atoms with E-state index in [0.717, 1.165) is 16.5 Å². The van der Waals surface area contributed by atoms with Crippen LogP contribution in [0.4, 0.5) is 0 Å². The Bertz CT molecular complexity index is 723. The molecule has 4 nitrogen and oxygen atoms in total. The fourth-order valence-corrected chi connectivity index (χ4v) is 2.61. The number of nitrogens with two attached hydrogens (primary N) is 1. The number of hydrogen-bond acceptors (Lipinski definition) is 3. The molecule has 0 spiro atoms. The summed E-state index contributed by atoms with van der Waals surface area (Å²) in [5.74, 6) is 0. The highest BCUT2D eigenvalue weighted by Gasteiger charge is 2.27. The third-order valence-corrected chi connectivity index (χ3v) is 3.94. The molecule has 3 rings (SSSR count). The minimum absolute atomic E-state index is 0.191. The first-order valence-electron chi connectivity index (χ1n) is 7.11. The van der Waals surface area contributed by atoms with E-state index in [1.54, 1.807) is 0 Å². The molecule has 3 N–H and O–H groups in total. The highest BCUT2D eigenvalue weighted by molar-refractivity contribution is 5.78. The summed E-state index contributed by atoms with van der Waals surface area (Å²) >= 11 is 0. The molecule has 1 atom stereocenters. The van der Waals surface area contributed by atoms with Crippen LogP contribution in [-0.4, -0.2) is 21.4 Å². The summed E-state index contributed by atoms with van der Waals surface area (Å²) < 4.78 is 1.92. The standard InChI is InChI=1S/C17H19N3O/c18-13-17(21,15-7-2-1-3-8-15)10-11-20-16-9-5-4-6-14(16)12-19-20/h1-9,12,21H,10-11,13,18H2. The first kappa shape index (κ1) is 13.8. The molecule has 1 heterocycles. The van der Waals surface area contributed by atoms with Gasteiger partial charge in [-0.25, -0.2) is 0 Å². The predicted molar refractivity (Wildman–Crippen MR) is 83.7 cm³/mol. The summed E-state index contributed by atoms with van der Waals surface area (Å²) in [6.45, 7) is 0.812. The van der Waals surface area contributed by atoms with E-state index >= 15 is 0 Å². The number of aromatic nitrogens is 2. The second-order valence-corrected chi connectivity index (χ2v) is 5.28. The minimum atomic E-state index is -1.02. The van der Waals surface area contributed by atoms with Crippen molar-refractivity contribution in [1.82, 2.24) is 9.78 Å². The van der Waals surface area contributed by atoms with E-state index < -0.39 is 5.60 Å². The summed E-state index contributed by atoms with van der Waals surface area (Å²) in [7, 11) is 0. The predicted octanol–water partition coefficient (Wildman–Crippen LogP) is 2.27. The van der Waals surface area contributed by atoms with Crippen molar-refractivity contribution in [3.63, 3.8) is 0 Å². The van der Waals surface area contributed by atoms with E-state index in [1.807, 2.05) is 65.5 Å². The summed E-state index contributed by atoms with van der Waals surface area (Å²) in [6.07, 6.45) is 2.37. The smallest absolute Gasteiger partial charge is 0.104 e. The monoisotopic (exact) mass is 281 g/mol. The Hall–Kier alpha value is -2.17. The van der Waals surface area contributed by atoms with E-state index in [-0.39, 0.29) is 6.54 Å². The number of benzene rings is 2. The van der Waals surface area contributed by atoms with Crippen molar-refractivity contribution < 1.29 is 5.11 Å². The van der Waals surface area contributed by atoms with Gasteiger partial charge < -0.3 is 10.8 Å². The lowest BCUT2D eigenvalue weighted by Gasteiger charge is -2.27. The van der Waals surface area contributed by atoms with E-state index in [2.05, 4.69) is 5.10 Å². The van der Waals surface area contributed by atoms with Gasteiger partial charge >= 0.3 is 0 Å². The maximum Gasteiger partial charge on any atom is 0.104 e. The minimum Gasteiger partial charge on any atom is -0.384 e. The average molecular weight is 281 g/mol. The van der Waals surface area contributed by atoms with Crippen LogP contribution < -0.4 is 5.73 Å². The molecular formula is C17H19N3O. The second-order valence-electron chi connectivity index (χ2n) is 5.28. The molecule has 0 aliphatic rings. The molecule has 0 saturated carbocycles. The van der Waals surface area contributed by atoms with Gasteiger partial charge in [0.1, 0.15) is 5.60 Å². The lowest BCUT2D eigenvalue weighted by Crippen LogP contribution is -2.36. The van der Waals surface area contributed by atoms with Gasteiger partial charge in [0, 0.05) is 24.9 Å². The van der Waals surface area contributed by atoms with Crippen molar-refractivity contribution in [2.75, 3.05) is 6.54 Å². The lowest BCUT2D eigenvalue weighted by molar-refractivity contribution is 0.0316. The van der Waals surface area contributed by atoms with Gasteiger partial charge in [0.05, 0.1) is 11.7 Å². The van der Waals surface area contributed by atoms with E-state index in [4.69, 9.17) is 5.73 Å². The Kier molecular flexibility index (Phi) is 3.73. The fourth-order valence-electron chi connectivity index (χ4n) is 2.61. The first-order valence-corrected chi connectivity index (χ1v) is 7.11. The SMILES string of the molecule is NCC(O)(CCn1ncc2ccccc21)c1ccccc1. The lowest BCUT2D eigenvalue weighted by atomic mass is 9.90. The van der Waals surface area contributed by atoms with Gasteiger partial charge in [-0.2, -0.15) is 5.10 Å². The van der Waals surface area contributed by atoms with Gasteiger partial charge in [0.25, 0.3) is 0 Å². The van der Waals surface area contributed by atoms with Gasteiger partial charge in [-0.1, -0.05) is 48.5 Å². The van der Waals surface area contributed by atoms with Gasteiger partial charge in [-0.05, 0) is 11.6 Å². The van der Waals surface area contributed by atoms with Gasteiger partial charge in [0.15, 0.2) is 0 Å². The van der Waals surface area contributed by atoms with Crippen molar-refractivity contribution in [3.05, 3.63) is 66.4 Å². The molecule has 0 radical (unpaired) electrons. The molecule has 0 amide bonds. The average Bonchev–Trinajstić information content (AvgIpc) is 2.97. The van der Waals surface area contributed by atoms with E-state index in [9.17, 15) is 5.11 Å². The molecule has 4 heteroatoms. The summed E-state index contributed by atoms with van der Waals surface area (Å²) in [5, 5.41) is 16.3. The molecule has 0 saturated heterocycles. The topological polar surface area (TPSA) is 64.1 Å². The van der Waals surface area contributed by atoms with Crippen molar-refractivity contribution in [2.24, 2.45) is 5.73 Å². The zero-order chi connectivity index (χ0) is 14.7. The molecule has 0 aliphatic carbocycles. The molecule has 21 heavy (non-hydrogen) atoms. The maximum absolute atomic E-state index is 10.8. The van der Waals surface area contributed by atoms with Crippen LogP contribution in [-0.2, 0) is 12.1 Å². The number of fused-ring (bicyclic) bond motifs is 1. The van der Waals surface area contributed by atoms with E-state index in [1.165, 1.54) is 0 Å². The van der Waals surface area contributed by atoms with Crippen molar-refractivity contribution in [1.29, 1.82) is 0 Å². The van der Waals surface area contributed by atoms with Gasteiger partial charge in [-0.15, -0.1) is 0 Å². The highest BCUT2D eigenvalue weighted by atomic mass is 16.3. The molecular weight excluding hydrogens is 262 g/mol. The van der Waals surface area contributed by atoms with Crippen LogP contribution in [0.15, 0.2) is 60.8 Å². The summed E-state index contributed by atoms with van der Waals surface area (Å²) in [5.41, 5.74) is 6.72. The molecule has 1 aromatic heterocycles.